The highest BCUT2D eigenvalue weighted by atomic mass is 16.5. The number of H-pyrrole nitrogens is 1. The summed E-state index contributed by atoms with van der Waals surface area (Å²) in [5.41, 5.74) is 2.30. The van der Waals surface area contributed by atoms with Crippen molar-refractivity contribution in [1.82, 2.24) is 10.2 Å². The third kappa shape index (κ3) is 2.92. The number of rotatable bonds is 5. The van der Waals surface area contributed by atoms with Gasteiger partial charge in [-0.15, -0.1) is 0 Å². The lowest BCUT2D eigenvalue weighted by molar-refractivity contribution is 0.0690. The predicted octanol–water partition coefficient (Wildman–Crippen LogP) is 1.93. The molecule has 1 heterocycles. The van der Waals surface area contributed by atoms with Gasteiger partial charge in [-0.3, -0.25) is 5.10 Å². The highest BCUT2D eigenvalue weighted by Crippen LogP contribution is 2.25. The first-order chi connectivity index (χ1) is 9.13. The fraction of sp³-hybridized carbons (Fsp3) is 0.231. The van der Waals surface area contributed by atoms with Gasteiger partial charge in [-0.25, -0.2) is 4.79 Å². The Bertz CT molecular complexity index is 592. The van der Waals surface area contributed by atoms with Crippen LogP contribution in [0.3, 0.4) is 0 Å². The van der Waals surface area contributed by atoms with Gasteiger partial charge < -0.3 is 14.6 Å². The topological polar surface area (TPSA) is 84.4 Å². The Labute approximate surface area is 110 Å². The van der Waals surface area contributed by atoms with Crippen LogP contribution in [0.1, 0.15) is 16.1 Å². The van der Waals surface area contributed by atoms with Gasteiger partial charge in [0.2, 0.25) is 0 Å². The van der Waals surface area contributed by atoms with Gasteiger partial charge in [0, 0.05) is 12.7 Å². The number of carboxylic acid groups (broad SMARTS) is 1. The minimum absolute atomic E-state index is 0.0473. The number of aromatic nitrogens is 2. The SMILES string of the molecule is COCc1cc(OC)cc(-c2cc(C(=O)O)[nH]n2)c1. The lowest BCUT2D eigenvalue weighted by atomic mass is 10.1. The molecule has 0 amide bonds. The Balaban J connectivity index is 2.41. The molecule has 0 saturated heterocycles. The maximum Gasteiger partial charge on any atom is 0.353 e. The number of hydrogen-bond acceptors (Lipinski definition) is 4. The molecule has 0 saturated carbocycles. The minimum atomic E-state index is -1.04. The predicted molar refractivity (Wildman–Crippen MR) is 68.2 cm³/mol. The molecule has 0 spiro atoms. The number of methoxy groups -OCH3 is 2. The van der Waals surface area contributed by atoms with E-state index < -0.39 is 5.97 Å². The standard InChI is InChI=1S/C13H14N2O4/c1-18-7-8-3-9(5-10(4-8)19-2)11-6-12(13(16)17)15-14-11/h3-6H,7H2,1-2H3,(H,14,15)(H,16,17). The first-order valence-corrected chi connectivity index (χ1v) is 5.60. The molecular formula is C13H14N2O4. The fourth-order valence-corrected chi connectivity index (χ4v) is 1.76. The quantitative estimate of drug-likeness (QED) is 0.860. The molecule has 2 rings (SSSR count). The van der Waals surface area contributed by atoms with E-state index in [2.05, 4.69) is 10.2 Å². The smallest absolute Gasteiger partial charge is 0.353 e. The first-order valence-electron chi connectivity index (χ1n) is 5.60. The molecule has 0 aliphatic rings. The molecular weight excluding hydrogens is 248 g/mol. The van der Waals surface area contributed by atoms with Crippen LogP contribution < -0.4 is 4.74 Å². The number of nitrogens with zero attached hydrogens (tertiary/aromatic N) is 1. The summed E-state index contributed by atoms with van der Waals surface area (Å²) in [5, 5.41) is 15.3. The second-order valence-corrected chi connectivity index (χ2v) is 3.97. The second kappa shape index (κ2) is 5.53. The molecule has 1 aromatic heterocycles. The van der Waals surface area contributed by atoms with Crippen molar-refractivity contribution in [2.24, 2.45) is 0 Å². The van der Waals surface area contributed by atoms with Gasteiger partial charge in [0.05, 0.1) is 19.4 Å². The number of aromatic carboxylic acids is 1. The van der Waals surface area contributed by atoms with Gasteiger partial charge in [-0.05, 0) is 29.8 Å². The molecule has 1 aromatic carbocycles. The zero-order chi connectivity index (χ0) is 13.8. The van der Waals surface area contributed by atoms with Crippen LogP contribution in [-0.4, -0.2) is 35.5 Å². The van der Waals surface area contributed by atoms with E-state index in [1.807, 2.05) is 12.1 Å². The molecule has 0 bridgehead atoms. The highest BCUT2D eigenvalue weighted by molar-refractivity contribution is 5.86. The van der Waals surface area contributed by atoms with Crippen molar-refractivity contribution in [3.8, 4) is 17.0 Å². The summed E-state index contributed by atoms with van der Waals surface area (Å²) in [5.74, 6) is -0.372. The van der Waals surface area contributed by atoms with Crippen molar-refractivity contribution < 1.29 is 19.4 Å². The second-order valence-electron chi connectivity index (χ2n) is 3.97. The molecule has 2 aromatic rings. The molecule has 0 unspecified atom stereocenters. The number of aromatic amines is 1. The van der Waals surface area contributed by atoms with Crippen molar-refractivity contribution in [3.63, 3.8) is 0 Å². The summed E-state index contributed by atoms with van der Waals surface area (Å²) >= 11 is 0. The Kier molecular flexibility index (Phi) is 3.82. The summed E-state index contributed by atoms with van der Waals surface area (Å²) in [6.45, 7) is 0.445. The third-order valence-corrected chi connectivity index (χ3v) is 2.62. The van der Waals surface area contributed by atoms with Crippen LogP contribution in [0.5, 0.6) is 5.75 Å². The summed E-state index contributed by atoms with van der Waals surface area (Å²) in [4.78, 5) is 10.8. The van der Waals surface area contributed by atoms with Gasteiger partial charge in [0.15, 0.2) is 0 Å². The number of ether oxygens (including phenoxy) is 2. The highest BCUT2D eigenvalue weighted by Gasteiger charge is 2.11. The molecule has 0 aliphatic heterocycles. The molecule has 6 heteroatoms. The van der Waals surface area contributed by atoms with Gasteiger partial charge in [-0.1, -0.05) is 0 Å². The van der Waals surface area contributed by atoms with Crippen LogP contribution >= 0.6 is 0 Å². The lowest BCUT2D eigenvalue weighted by Gasteiger charge is -2.07. The Hall–Kier alpha value is -2.34. The van der Waals surface area contributed by atoms with Crippen LogP contribution in [0.15, 0.2) is 24.3 Å². The van der Waals surface area contributed by atoms with Crippen molar-refractivity contribution in [3.05, 3.63) is 35.5 Å². The van der Waals surface area contributed by atoms with Crippen molar-refractivity contribution in [2.75, 3.05) is 14.2 Å². The molecule has 0 fully saturated rings. The average molecular weight is 262 g/mol. The molecule has 19 heavy (non-hydrogen) atoms. The lowest BCUT2D eigenvalue weighted by Crippen LogP contribution is -1.95. The average Bonchev–Trinajstić information content (AvgIpc) is 2.88. The van der Waals surface area contributed by atoms with Gasteiger partial charge >= 0.3 is 5.97 Å². The van der Waals surface area contributed by atoms with Gasteiger partial charge in [0.25, 0.3) is 0 Å². The van der Waals surface area contributed by atoms with Gasteiger partial charge in [-0.2, -0.15) is 5.10 Å². The van der Waals surface area contributed by atoms with Crippen LogP contribution in [0, 0.1) is 0 Å². The summed E-state index contributed by atoms with van der Waals surface area (Å²) < 4.78 is 10.3. The van der Waals surface area contributed by atoms with Crippen molar-refractivity contribution in [1.29, 1.82) is 0 Å². The Morgan fingerprint density at radius 3 is 2.68 bits per heavy atom. The summed E-state index contributed by atoms with van der Waals surface area (Å²) in [6.07, 6.45) is 0. The number of carboxylic acids is 1. The van der Waals surface area contributed by atoms with Crippen LogP contribution in [0.2, 0.25) is 0 Å². The Morgan fingerprint density at radius 2 is 2.11 bits per heavy atom. The molecule has 0 radical (unpaired) electrons. The minimum Gasteiger partial charge on any atom is -0.497 e. The van der Waals surface area contributed by atoms with E-state index in [1.165, 1.54) is 6.07 Å². The van der Waals surface area contributed by atoms with E-state index in [9.17, 15) is 4.79 Å². The summed E-state index contributed by atoms with van der Waals surface area (Å²) in [7, 11) is 3.18. The Morgan fingerprint density at radius 1 is 1.32 bits per heavy atom. The van der Waals surface area contributed by atoms with Crippen molar-refractivity contribution >= 4 is 5.97 Å². The third-order valence-electron chi connectivity index (χ3n) is 2.62. The van der Waals surface area contributed by atoms with E-state index in [1.54, 1.807) is 20.3 Å². The molecule has 2 N–H and O–H groups in total. The molecule has 6 nitrogen and oxygen atoms in total. The van der Waals surface area contributed by atoms with E-state index in [4.69, 9.17) is 14.6 Å². The summed E-state index contributed by atoms with van der Waals surface area (Å²) in [6, 6.07) is 7.01. The monoisotopic (exact) mass is 262 g/mol. The van der Waals surface area contributed by atoms with Crippen LogP contribution in [0.25, 0.3) is 11.3 Å². The number of nitrogens with one attached hydrogen (secondary N) is 1. The number of benzene rings is 1. The number of hydrogen-bond donors (Lipinski definition) is 2. The van der Waals surface area contributed by atoms with Gasteiger partial charge in [0.1, 0.15) is 11.4 Å². The largest absolute Gasteiger partial charge is 0.497 e. The van der Waals surface area contributed by atoms with E-state index >= 15 is 0 Å². The first kappa shape index (κ1) is 13.1. The van der Waals surface area contributed by atoms with E-state index in [0.717, 1.165) is 11.1 Å². The number of carbonyl (C=O) groups is 1. The molecule has 0 aliphatic carbocycles. The fourth-order valence-electron chi connectivity index (χ4n) is 1.76. The normalized spacial score (nSPS) is 10.4. The van der Waals surface area contributed by atoms with E-state index in [0.29, 0.717) is 18.1 Å². The molecule has 100 valence electrons. The zero-order valence-corrected chi connectivity index (χ0v) is 10.6. The molecule has 0 atom stereocenters. The van der Waals surface area contributed by atoms with Crippen LogP contribution in [-0.2, 0) is 11.3 Å². The zero-order valence-electron chi connectivity index (χ0n) is 10.6. The van der Waals surface area contributed by atoms with E-state index in [-0.39, 0.29) is 5.69 Å². The maximum atomic E-state index is 10.8. The maximum absolute atomic E-state index is 10.8. The van der Waals surface area contributed by atoms with Crippen LogP contribution in [0.4, 0.5) is 0 Å². The van der Waals surface area contributed by atoms with Crippen molar-refractivity contribution in [2.45, 2.75) is 6.61 Å².